The van der Waals surface area contributed by atoms with Crippen LogP contribution in [0.25, 0.3) is 10.7 Å². The first-order valence-electron chi connectivity index (χ1n) is 10.7. The first-order chi connectivity index (χ1) is 15.4. The molecule has 0 unspecified atom stereocenters. The molecule has 3 aromatic heterocycles. The van der Waals surface area contributed by atoms with Crippen molar-refractivity contribution in [3.05, 3.63) is 49.6 Å². The lowest BCUT2D eigenvalue weighted by Crippen LogP contribution is -2.34. The second-order valence-electron chi connectivity index (χ2n) is 8.21. The van der Waals surface area contributed by atoms with Gasteiger partial charge in [0.1, 0.15) is 0 Å². The summed E-state index contributed by atoms with van der Waals surface area (Å²) in [7, 11) is 0. The Morgan fingerprint density at radius 3 is 2.78 bits per heavy atom. The fraction of sp³-hybridized carbons (Fsp3) is 0.476. The highest BCUT2D eigenvalue weighted by Gasteiger charge is 2.31. The van der Waals surface area contributed by atoms with Crippen LogP contribution in [0.5, 0.6) is 0 Å². The van der Waals surface area contributed by atoms with Crippen molar-refractivity contribution in [1.29, 1.82) is 0 Å². The van der Waals surface area contributed by atoms with Crippen LogP contribution < -0.4 is 16.6 Å². The van der Waals surface area contributed by atoms with Crippen LogP contribution in [0.1, 0.15) is 42.6 Å². The molecule has 1 amide bonds. The number of hydrogen-bond donors (Lipinski definition) is 1. The van der Waals surface area contributed by atoms with Gasteiger partial charge in [0.2, 0.25) is 5.91 Å². The molecule has 0 spiro atoms. The molecular formula is C21H24N6O3S2. The summed E-state index contributed by atoms with van der Waals surface area (Å²) in [6.45, 7) is 4.20. The molecular weight excluding hydrogens is 448 g/mol. The third-order valence-corrected chi connectivity index (χ3v) is 7.88. The SMILES string of the molecule is Cc1nc2n(c(=O)c1C)[C@H](CC(=O)NCCn1nc(-c3cccs3)n(C3CC3)c1=O)CS2. The van der Waals surface area contributed by atoms with Crippen molar-refractivity contribution in [3.8, 4) is 10.7 Å². The minimum absolute atomic E-state index is 0.0754. The highest BCUT2D eigenvalue weighted by Crippen LogP contribution is 2.37. The number of aromatic nitrogens is 5. The highest BCUT2D eigenvalue weighted by atomic mass is 32.2. The summed E-state index contributed by atoms with van der Waals surface area (Å²) in [5, 5.41) is 10.1. The van der Waals surface area contributed by atoms with Gasteiger partial charge in [-0.05, 0) is 38.1 Å². The summed E-state index contributed by atoms with van der Waals surface area (Å²) in [5.74, 6) is 1.20. The maximum Gasteiger partial charge on any atom is 0.346 e. The normalized spacial score (nSPS) is 17.5. The molecule has 168 valence electrons. The van der Waals surface area contributed by atoms with Crippen LogP contribution in [0.2, 0.25) is 0 Å². The van der Waals surface area contributed by atoms with Gasteiger partial charge in [-0.2, -0.15) is 0 Å². The molecule has 1 aliphatic carbocycles. The average Bonchev–Trinajstić information content (AvgIpc) is 3.16. The molecule has 5 rings (SSSR count). The van der Waals surface area contributed by atoms with E-state index >= 15 is 0 Å². The van der Waals surface area contributed by atoms with Crippen LogP contribution in [-0.4, -0.2) is 42.1 Å². The number of fused-ring (bicyclic) bond motifs is 1. The molecule has 32 heavy (non-hydrogen) atoms. The first-order valence-corrected chi connectivity index (χ1v) is 12.5. The van der Waals surface area contributed by atoms with Gasteiger partial charge in [0.25, 0.3) is 5.56 Å². The summed E-state index contributed by atoms with van der Waals surface area (Å²) in [4.78, 5) is 43.5. The third kappa shape index (κ3) is 3.83. The van der Waals surface area contributed by atoms with E-state index in [1.807, 2.05) is 24.4 Å². The Labute approximate surface area is 192 Å². The summed E-state index contributed by atoms with van der Waals surface area (Å²) in [5.41, 5.74) is 1.15. The van der Waals surface area contributed by atoms with E-state index in [9.17, 15) is 14.4 Å². The van der Waals surface area contributed by atoms with Crippen molar-refractivity contribution in [2.45, 2.75) is 56.9 Å². The van der Waals surface area contributed by atoms with Gasteiger partial charge in [-0.25, -0.2) is 14.5 Å². The summed E-state index contributed by atoms with van der Waals surface area (Å²) in [6, 6.07) is 3.93. The smallest absolute Gasteiger partial charge is 0.346 e. The number of hydrogen-bond acceptors (Lipinski definition) is 7. The van der Waals surface area contributed by atoms with Crippen molar-refractivity contribution < 1.29 is 4.79 Å². The van der Waals surface area contributed by atoms with E-state index in [4.69, 9.17) is 0 Å². The van der Waals surface area contributed by atoms with Crippen molar-refractivity contribution >= 4 is 29.0 Å². The maximum atomic E-state index is 12.9. The monoisotopic (exact) mass is 472 g/mol. The van der Waals surface area contributed by atoms with Gasteiger partial charge in [-0.3, -0.25) is 18.7 Å². The summed E-state index contributed by atoms with van der Waals surface area (Å²) in [6.07, 6.45) is 2.19. The standard InChI is InChI=1S/C21H24N6O3S2/c1-12-13(2)23-20-27(19(12)29)15(11-32-20)10-17(28)22-7-8-25-21(30)26(14-5-6-14)18(24-25)16-4-3-9-31-16/h3-4,9,14-15H,5-8,10-11H2,1-2H3,(H,22,28)/t15-/m1/s1. The summed E-state index contributed by atoms with van der Waals surface area (Å²) < 4.78 is 4.86. The molecule has 3 aromatic rings. The molecule has 11 heteroatoms. The molecule has 4 heterocycles. The zero-order valence-corrected chi connectivity index (χ0v) is 19.5. The lowest BCUT2D eigenvalue weighted by Gasteiger charge is -2.14. The molecule has 0 saturated heterocycles. The van der Waals surface area contributed by atoms with Gasteiger partial charge in [0.15, 0.2) is 11.0 Å². The lowest BCUT2D eigenvalue weighted by molar-refractivity contribution is -0.121. The van der Waals surface area contributed by atoms with Crippen molar-refractivity contribution in [2.24, 2.45) is 0 Å². The fourth-order valence-electron chi connectivity index (χ4n) is 3.91. The molecule has 2 aliphatic rings. The number of thiophene rings is 1. The van der Waals surface area contributed by atoms with E-state index in [0.29, 0.717) is 35.4 Å². The molecule has 0 aromatic carbocycles. The minimum atomic E-state index is -0.212. The summed E-state index contributed by atoms with van der Waals surface area (Å²) >= 11 is 3.06. The Morgan fingerprint density at radius 2 is 2.06 bits per heavy atom. The topological polar surface area (TPSA) is 104 Å². The number of rotatable bonds is 7. The highest BCUT2D eigenvalue weighted by molar-refractivity contribution is 7.99. The van der Waals surface area contributed by atoms with E-state index < -0.39 is 0 Å². The molecule has 1 saturated carbocycles. The first kappa shape index (κ1) is 21.2. The number of nitrogens with zero attached hydrogens (tertiary/aromatic N) is 5. The molecule has 1 aliphatic heterocycles. The van der Waals surface area contributed by atoms with E-state index in [1.54, 1.807) is 27.4 Å². The molecule has 1 atom stereocenters. The van der Waals surface area contributed by atoms with Crippen molar-refractivity contribution in [2.75, 3.05) is 12.3 Å². The second-order valence-corrected chi connectivity index (χ2v) is 10.1. The molecule has 1 N–H and O–H groups in total. The average molecular weight is 473 g/mol. The van der Waals surface area contributed by atoms with Crippen LogP contribution in [0.15, 0.2) is 32.3 Å². The number of carbonyl (C=O) groups excluding carboxylic acids is 1. The number of thioether (sulfide) groups is 1. The number of amides is 1. The van der Waals surface area contributed by atoms with Gasteiger partial charge in [0.05, 0.1) is 17.5 Å². The van der Waals surface area contributed by atoms with Crippen molar-refractivity contribution in [1.82, 2.24) is 29.2 Å². The van der Waals surface area contributed by atoms with Crippen LogP contribution in [0.3, 0.4) is 0 Å². The lowest BCUT2D eigenvalue weighted by atomic mass is 10.2. The largest absolute Gasteiger partial charge is 0.354 e. The van der Waals surface area contributed by atoms with E-state index in [-0.39, 0.29) is 35.7 Å². The second kappa shape index (κ2) is 8.36. The maximum absolute atomic E-state index is 12.9. The van der Waals surface area contributed by atoms with Gasteiger partial charge >= 0.3 is 5.69 Å². The van der Waals surface area contributed by atoms with Gasteiger partial charge in [-0.15, -0.1) is 16.4 Å². The van der Waals surface area contributed by atoms with E-state index in [1.165, 1.54) is 16.4 Å². The Morgan fingerprint density at radius 1 is 1.25 bits per heavy atom. The van der Waals surface area contributed by atoms with Crippen LogP contribution in [-0.2, 0) is 11.3 Å². The zero-order chi connectivity index (χ0) is 22.4. The van der Waals surface area contributed by atoms with Gasteiger partial charge in [0, 0.05) is 36.0 Å². The Bertz CT molecular complexity index is 1290. The Kier molecular flexibility index (Phi) is 5.54. The Hall–Kier alpha value is -2.66. The number of nitrogens with one attached hydrogen (secondary N) is 1. The molecule has 0 bridgehead atoms. The molecule has 0 radical (unpaired) electrons. The van der Waals surface area contributed by atoms with Gasteiger partial charge in [-0.1, -0.05) is 17.8 Å². The third-order valence-electron chi connectivity index (χ3n) is 5.91. The quantitative estimate of drug-likeness (QED) is 0.529. The fourth-order valence-corrected chi connectivity index (χ4v) is 5.80. The molecule has 1 fully saturated rings. The van der Waals surface area contributed by atoms with Crippen LogP contribution in [0.4, 0.5) is 0 Å². The Balaban J connectivity index is 1.24. The van der Waals surface area contributed by atoms with Crippen LogP contribution >= 0.6 is 23.1 Å². The predicted octanol–water partition coefficient (Wildman–Crippen LogP) is 2.14. The minimum Gasteiger partial charge on any atom is -0.354 e. The van der Waals surface area contributed by atoms with Crippen LogP contribution in [0, 0.1) is 13.8 Å². The van der Waals surface area contributed by atoms with E-state index in [2.05, 4.69) is 15.4 Å². The van der Waals surface area contributed by atoms with Crippen molar-refractivity contribution in [3.63, 3.8) is 0 Å². The van der Waals surface area contributed by atoms with Gasteiger partial charge < -0.3 is 5.32 Å². The van der Waals surface area contributed by atoms with E-state index in [0.717, 1.165) is 23.4 Å². The zero-order valence-electron chi connectivity index (χ0n) is 17.9. The molecule has 9 nitrogen and oxygen atoms in total. The number of carbonyl (C=O) groups is 1. The predicted molar refractivity (Wildman–Crippen MR) is 123 cm³/mol. The number of aryl methyl sites for hydroxylation is 1.